The first-order valence-corrected chi connectivity index (χ1v) is 7.11. The van der Waals surface area contributed by atoms with Crippen molar-refractivity contribution in [3.63, 3.8) is 0 Å². The zero-order valence-electron chi connectivity index (χ0n) is 12.0. The highest BCUT2D eigenvalue weighted by Crippen LogP contribution is 2.10. The molecule has 0 atom stereocenters. The second-order valence-electron chi connectivity index (χ2n) is 4.93. The van der Waals surface area contributed by atoms with E-state index in [1.165, 1.54) is 12.3 Å². The Hall–Kier alpha value is -1.41. The highest BCUT2D eigenvalue weighted by Gasteiger charge is 2.14. The van der Waals surface area contributed by atoms with E-state index < -0.39 is 0 Å². The van der Waals surface area contributed by atoms with Crippen molar-refractivity contribution in [1.29, 1.82) is 0 Å². The van der Waals surface area contributed by atoms with Crippen LogP contribution >= 0.6 is 0 Å². The number of pyridine rings is 1. The third kappa shape index (κ3) is 4.82. The molecule has 0 amide bonds. The molecule has 2 heterocycles. The van der Waals surface area contributed by atoms with Crippen LogP contribution in [0.1, 0.15) is 5.69 Å². The van der Waals surface area contributed by atoms with Crippen molar-refractivity contribution in [2.75, 3.05) is 46.1 Å². The van der Waals surface area contributed by atoms with E-state index in [0.717, 1.165) is 18.8 Å². The summed E-state index contributed by atoms with van der Waals surface area (Å²) in [5, 5.41) is 18.3. The fourth-order valence-corrected chi connectivity index (χ4v) is 2.26. The fourth-order valence-electron chi connectivity index (χ4n) is 2.26. The second-order valence-corrected chi connectivity index (χ2v) is 4.93. The number of hydrogen-bond donors (Lipinski definition) is 2. The maximum absolute atomic E-state index is 11.6. The monoisotopic (exact) mass is 298 g/mol. The zero-order chi connectivity index (χ0) is 15.1. The summed E-state index contributed by atoms with van der Waals surface area (Å²) in [5.74, 6) is -0.261. The van der Waals surface area contributed by atoms with E-state index in [9.17, 15) is 9.90 Å². The molecule has 7 heteroatoms. The van der Waals surface area contributed by atoms with E-state index in [0.29, 0.717) is 32.9 Å². The van der Waals surface area contributed by atoms with Crippen LogP contribution in [0.4, 0.5) is 0 Å². The van der Waals surface area contributed by atoms with Gasteiger partial charge in [0.1, 0.15) is 0 Å². The fraction of sp³-hybridized carbons (Fsp3) is 0.643. The summed E-state index contributed by atoms with van der Waals surface area (Å²) in [6, 6.07) is 1.47. The molecule has 2 N–H and O–H groups in total. The normalized spacial score (nSPS) is 16.2. The van der Waals surface area contributed by atoms with E-state index >= 15 is 0 Å². The Labute approximate surface area is 123 Å². The van der Waals surface area contributed by atoms with E-state index in [1.54, 1.807) is 0 Å². The summed E-state index contributed by atoms with van der Waals surface area (Å²) >= 11 is 0. The van der Waals surface area contributed by atoms with E-state index in [1.807, 2.05) is 4.57 Å². The number of aromatic nitrogens is 1. The van der Waals surface area contributed by atoms with Gasteiger partial charge < -0.3 is 24.3 Å². The Balaban J connectivity index is 2.05. The van der Waals surface area contributed by atoms with Crippen LogP contribution in [-0.4, -0.2) is 65.8 Å². The van der Waals surface area contributed by atoms with Gasteiger partial charge in [0.15, 0.2) is 5.75 Å². The predicted octanol–water partition coefficient (Wildman–Crippen LogP) is -0.605. The van der Waals surface area contributed by atoms with E-state index in [4.69, 9.17) is 14.6 Å². The van der Waals surface area contributed by atoms with Gasteiger partial charge in [-0.2, -0.15) is 0 Å². The Morgan fingerprint density at radius 3 is 2.76 bits per heavy atom. The number of aliphatic hydroxyl groups excluding tert-OH is 1. The molecule has 0 bridgehead atoms. The summed E-state index contributed by atoms with van der Waals surface area (Å²) in [5.41, 5.74) is 0.470. The number of ether oxygens (including phenoxy) is 2. The first-order chi connectivity index (χ1) is 10.2. The minimum atomic E-state index is -0.370. The third-order valence-corrected chi connectivity index (χ3v) is 3.40. The van der Waals surface area contributed by atoms with Gasteiger partial charge in [-0.3, -0.25) is 9.69 Å². The Morgan fingerprint density at radius 1 is 1.29 bits per heavy atom. The second kappa shape index (κ2) is 8.14. The first-order valence-electron chi connectivity index (χ1n) is 7.11. The van der Waals surface area contributed by atoms with Crippen LogP contribution in [0, 0.1) is 0 Å². The quantitative estimate of drug-likeness (QED) is 0.654. The molecule has 0 radical (unpaired) electrons. The SMILES string of the molecule is O=c1cc(CN2CCOCC2)n(CCOCCO)cc1O. The molecule has 2 rings (SSSR count). The molecule has 1 saturated heterocycles. The molecular weight excluding hydrogens is 276 g/mol. The van der Waals surface area contributed by atoms with Gasteiger partial charge in [0.2, 0.25) is 5.43 Å². The van der Waals surface area contributed by atoms with Crippen molar-refractivity contribution >= 4 is 0 Å². The van der Waals surface area contributed by atoms with Gasteiger partial charge in [-0.15, -0.1) is 0 Å². The lowest BCUT2D eigenvalue weighted by Crippen LogP contribution is -2.36. The van der Waals surface area contributed by atoms with Crippen LogP contribution in [0.15, 0.2) is 17.1 Å². The number of hydrogen-bond acceptors (Lipinski definition) is 6. The molecule has 0 aliphatic carbocycles. The molecule has 1 aromatic heterocycles. The molecule has 0 spiro atoms. The minimum absolute atomic E-state index is 0.0178. The van der Waals surface area contributed by atoms with Gasteiger partial charge in [0.05, 0.1) is 39.2 Å². The van der Waals surface area contributed by atoms with Crippen LogP contribution in [0.3, 0.4) is 0 Å². The van der Waals surface area contributed by atoms with Crippen LogP contribution < -0.4 is 5.43 Å². The van der Waals surface area contributed by atoms with Crippen molar-refractivity contribution < 1.29 is 19.7 Å². The standard InChI is InChI=1S/C14H22N2O5/c17-4-8-21-7-3-16-11-14(19)13(18)9-12(16)10-15-1-5-20-6-2-15/h9,11,17,19H,1-8,10H2. The summed E-state index contributed by atoms with van der Waals surface area (Å²) in [6.07, 6.45) is 1.44. The van der Waals surface area contributed by atoms with Crippen molar-refractivity contribution in [2.45, 2.75) is 13.1 Å². The molecule has 0 saturated carbocycles. The number of rotatable bonds is 7. The zero-order valence-corrected chi connectivity index (χ0v) is 12.0. The lowest BCUT2D eigenvalue weighted by atomic mass is 10.2. The third-order valence-electron chi connectivity index (χ3n) is 3.40. The average molecular weight is 298 g/mol. The van der Waals surface area contributed by atoms with Crippen molar-refractivity contribution in [3.8, 4) is 5.75 Å². The summed E-state index contributed by atoms with van der Waals surface area (Å²) in [4.78, 5) is 13.8. The number of nitrogens with zero attached hydrogens (tertiary/aromatic N) is 2. The Kier molecular flexibility index (Phi) is 6.19. The van der Waals surface area contributed by atoms with E-state index in [-0.39, 0.29) is 24.4 Å². The van der Waals surface area contributed by atoms with Gasteiger partial charge in [-0.1, -0.05) is 0 Å². The topological polar surface area (TPSA) is 84.2 Å². The molecule has 1 aliphatic rings. The molecule has 1 aromatic rings. The molecule has 7 nitrogen and oxygen atoms in total. The van der Waals surface area contributed by atoms with Crippen LogP contribution in [0.5, 0.6) is 5.75 Å². The Bertz CT molecular complexity index is 497. The van der Waals surface area contributed by atoms with Gasteiger partial charge in [-0.05, 0) is 0 Å². The molecule has 0 aromatic carbocycles. The van der Waals surface area contributed by atoms with Gasteiger partial charge >= 0.3 is 0 Å². The van der Waals surface area contributed by atoms with E-state index in [2.05, 4.69) is 4.90 Å². The Morgan fingerprint density at radius 2 is 2.05 bits per heavy atom. The molecular formula is C14H22N2O5. The highest BCUT2D eigenvalue weighted by molar-refractivity contribution is 5.20. The van der Waals surface area contributed by atoms with Gasteiger partial charge in [-0.25, -0.2) is 0 Å². The van der Waals surface area contributed by atoms with Crippen molar-refractivity contribution in [3.05, 3.63) is 28.2 Å². The molecule has 1 aliphatic heterocycles. The van der Waals surface area contributed by atoms with Crippen molar-refractivity contribution in [2.24, 2.45) is 0 Å². The summed E-state index contributed by atoms with van der Waals surface area (Å²) in [6.45, 7) is 4.89. The minimum Gasteiger partial charge on any atom is -0.503 e. The molecule has 0 unspecified atom stereocenters. The van der Waals surface area contributed by atoms with Crippen molar-refractivity contribution in [1.82, 2.24) is 9.47 Å². The first kappa shape index (κ1) is 16.0. The lowest BCUT2D eigenvalue weighted by molar-refractivity contribution is 0.0326. The molecule has 118 valence electrons. The maximum atomic E-state index is 11.6. The predicted molar refractivity (Wildman–Crippen MR) is 76.4 cm³/mol. The number of aliphatic hydroxyl groups is 1. The lowest BCUT2D eigenvalue weighted by Gasteiger charge is -2.27. The number of aromatic hydroxyl groups is 1. The largest absolute Gasteiger partial charge is 0.503 e. The number of morpholine rings is 1. The maximum Gasteiger partial charge on any atom is 0.223 e. The van der Waals surface area contributed by atoms with Crippen LogP contribution in [0.2, 0.25) is 0 Å². The molecule has 1 fully saturated rings. The van der Waals surface area contributed by atoms with Gasteiger partial charge in [0.25, 0.3) is 0 Å². The van der Waals surface area contributed by atoms with Gasteiger partial charge in [0, 0.05) is 37.9 Å². The summed E-state index contributed by atoms with van der Waals surface area (Å²) in [7, 11) is 0. The average Bonchev–Trinajstić information content (AvgIpc) is 2.49. The smallest absolute Gasteiger partial charge is 0.223 e. The molecule has 21 heavy (non-hydrogen) atoms. The summed E-state index contributed by atoms with van der Waals surface area (Å²) < 4.78 is 12.4. The highest BCUT2D eigenvalue weighted by atomic mass is 16.5. The van der Waals surface area contributed by atoms with Crippen LogP contribution in [-0.2, 0) is 22.6 Å². The van der Waals surface area contributed by atoms with Crippen LogP contribution in [0.25, 0.3) is 0 Å².